The summed E-state index contributed by atoms with van der Waals surface area (Å²) in [5.41, 5.74) is 1.01. The molecule has 1 atom stereocenters. The van der Waals surface area contributed by atoms with Crippen molar-refractivity contribution in [3.8, 4) is 5.75 Å². The molecule has 2 rings (SSSR count). The molecule has 2 aromatic rings. The number of benzene rings is 1. The van der Waals surface area contributed by atoms with Gasteiger partial charge in [0.15, 0.2) is 10.4 Å². The first kappa shape index (κ1) is 16.8. The Morgan fingerprint density at radius 1 is 1.36 bits per heavy atom. The van der Waals surface area contributed by atoms with E-state index in [-0.39, 0.29) is 5.91 Å². The number of para-hydroxylation sites is 1. The zero-order chi connectivity index (χ0) is 15.9. The Bertz CT molecular complexity index is 631. The first-order valence-corrected chi connectivity index (χ1v) is 8.93. The van der Waals surface area contributed by atoms with Crippen LogP contribution in [0.4, 0.5) is 5.13 Å². The molecule has 1 aromatic heterocycles. The number of anilines is 1. The van der Waals surface area contributed by atoms with Gasteiger partial charge in [0, 0.05) is 0 Å². The van der Waals surface area contributed by atoms with E-state index >= 15 is 0 Å². The molecule has 0 saturated heterocycles. The summed E-state index contributed by atoms with van der Waals surface area (Å²) in [5.74, 6) is 1.45. The highest BCUT2D eigenvalue weighted by atomic mass is 32.2. The Balaban J connectivity index is 2.00. The largest absolute Gasteiger partial charge is 0.480 e. The number of carbonyl (C=O) groups excluding carboxylic acids is 1. The van der Waals surface area contributed by atoms with Gasteiger partial charge in [-0.1, -0.05) is 55.1 Å². The third-order valence-electron chi connectivity index (χ3n) is 2.93. The molecule has 1 N–H and O–H groups in total. The van der Waals surface area contributed by atoms with Crippen molar-refractivity contribution in [2.24, 2.45) is 0 Å². The summed E-state index contributed by atoms with van der Waals surface area (Å²) in [4.78, 5) is 12.3. The van der Waals surface area contributed by atoms with Gasteiger partial charge in [0.1, 0.15) is 5.75 Å². The number of thioether (sulfide) groups is 1. The van der Waals surface area contributed by atoms with Gasteiger partial charge >= 0.3 is 0 Å². The Labute approximate surface area is 138 Å². The maximum atomic E-state index is 12.3. The molecule has 118 valence electrons. The minimum atomic E-state index is -0.549. The normalized spacial score (nSPS) is 12.0. The van der Waals surface area contributed by atoms with Crippen LogP contribution < -0.4 is 10.1 Å². The van der Waals surface area contributed by atoms with Crippen molar-refractivity contribution in [3.63, 3.8) is 0 Å². The Kier molecular flexibility index (Phi) is 6.21. The van der Waals surface area contributed by atoms with Crippen LogP contribution in [-0.2, 0) is 4.79 Å². The SMILES string of the molecule is CCSc1nnc(NC(=O)[C@@H](CC)Oc2ccccc2C)s1. The van der Waals surface area contributed by atoms with Crippen molar-refractivity contribution in [3.05, 3.63) is 29.8 Å². The van der Waals surface area contributed by atoms with E-state index in [4.69, 9.17) is 4.74 Å². The molecule has 0 radical (unpaired) electrons. The van der Waals surface area contributed by atoms with Gasteiger partial charge < -0.3 is 4.74 Å². The van der Waals surface area contributed by atoms with Crippen LogP contribution in [0.25, 0.3) is 0 Å². The van der Waals surface area contributed by atoms with Crippen LogP contribution in [0.3, 0.4) is 0 Å². The average Bonchev–Trinajstić information content (AvgIpc) is 2.94. The Hall–Kier alpha value is -1.60. The zero-order valence-electron chi connectivity index (χ0n) is 12.8. The van der Waals surface area contributed by atoms with E-state index in [0.29, 0.717) is 11.6 Å². The monoisotopic (exact) mass is 337 g/mol. The van der Waals surface area contributed by atoms with Crippen LogP contribution in [0.5, 0.6) is 5.75 Å². The van der Waals surface area contributed by atoms with Crippen LogP contribution in [0.1, 0.15) is 25.8 Å². The molecule has 7 heteroatoms. The Morgan fingerprint density at radius 3 is 2.82 bits per heavy atom. The standard InChI is InChI=1S/C15H19N3O2S2/c1-4-11(20-12-9-7-6-8-10(12)3)13(19)16-14-17-18-15(22-14)21-5-2/h6-9,11H,4-5H2,1-3H3,(H,16,17,19)/t11-/m1/s1. The van der Waals surface area contributed by atoms with Crippen LogP contribution >= 0.6 is 23.1 Å². The van der Waals surface area contributed by atoms with E-state index in [1.54, 1.807) is 11.8 Å². The van der Waals surface area contributed by atoms with E-state index in [2.05, 4.69) is 15.5 Å². The lowest BCUT2D eigenvalue weighted by molar-refractivity contribution is -0.122. The molecular formula is C15H19N3O2S2. The fourth-order valence-corrected chi connectivity index (χ4v) is 3.44. The smallest absolute Gasteiger partial charge is 0.267 e. The summed E-state index contributed by atoms with van der Waals surface area (Å²) in [6, 6.07) is 7.66. The zero-order valence-corrected chi connectivity index (χ0v) is 14.5. The van der Waals surface area contributed by atoms with Crippen molar-refractivity contribution in [1.29, 1.82) is 0 Å². The summed E-state index contributed by atoms with van der Waals surface area (Å²) < 4.78 is 6.67. The summed E-state index contributed by atoms with van der Waals surface area (Å²) in [6.07, 6.45) is 0.0301. The molecule has 0 aliphatic heterocycles. The molecular weight excluding hydrogens is 318 g/mol. The highest BCUT2D eigenvalue weighted by Gasteiger charge is 2.20. The van der Waals surface area contributed by atoms with Crippen molar-refractivity contribution >= 4 is 34.1 Å². The van der Waals surface area contributed by atoms with Gasteiger partial charge in [0.25, 0.3) is 5.91 Å². The van der Waals surface area contributed by atoms with E-state index in [1.165, 1.54) is 11.3 Å². The number of nitrogens with one attached hydrogen (secondary N) is 1. The van der Waals surface area contributed by atoms with E-state index in [1.807, 2.05) is 45.0 Å². The van der Waals surface area contributed by atoms with Gasteiger partial charge in [-0.25, -0.2) is 0 Å². The lowest BCUT2D eigenvalue weighted by Crippen LogP contribution is -2.32. The van der Waals surface area contributed by atoms with Crippen molar-refractivity contribution in [1.82, 2.24) is 10.2 Å². The van der Waals surface area contributed by atoms with Gasteiger partial charge in [-0.15, -0.1) is 10.2 Å². The fourth-order valence-electron chi connectivity index (χ4n) is 1.79. The lowest BCUT2D eigenvalue weighted by atomic mass is 10.2. The molecule has 0 aliphatic rings. The number of aromatic nitrogens is 2. The second-order valence-electron chi connectivity index (χ2n) is 4.58. The summed E-state index contributed by atoms with van der Waals surface area (Å²) in [5, 5.41) is 11.3. The topological polar surface area (TPSA) is 64.1 Å². The minimum absolute atomic E-state index is 0.199. The van der Waals surface area contributed by atoms with Crippen LogP contribution in [-0.4, -0.2) is 28.0 Å². The lowest BCUT2D eigenvalue weighted by Gasteiger charge is -2.17. The van der Waals surface area contributed by atoms with Gasteiger partial charge in [-0.05, 0) is 30.7 Å². The van der Waals surface area contributed by atoms with Gasteiger partial charge in [0.2, 0.25) is 5.13 Å². The predicted octanol–water partition coefficient (Wildman–Crippen LogP) is 3.75. The minimum Gasteiger partial charge on any atom is -0.480 e. The molecule has 0 saturated carbocycles. The number of ether oxygens (including phenoxy) is 1. The highest BCUT2D eigenvalue weighted by molar-refractivity contribution is 8.01. The molecule has 0 bridgehead atoms. The quantitative estimate of drug-likeness (QED) is 0.616. The number of amides is 1. The third kappa shape index (κ3) is 4.45. The van der Waals surface area contributed by atoms with Crippen molar-refractivity contribution < 1.29 is 9.53 Å². The van der Waals surface area contributed by atoms with E-state index in [0.717, 1.165) is 21.4 Å². The fraction of sp³-hybridized carbons (Fsp3) is 0.400. The highest BCUT2D eigenvalue weighted by Crippen LogP contribution is 2.25. The Morgan fingerprint density at radius 2 is 2.14 bits per heavy atom. The van der Waals surface area contributed by atoms with E-state index < -0.39 is 6.10 Å². The summed E-state index contributed by atoms with van der Waals surface area (Å²) in [6.45, 7) is 5.92. The summed E-state index contributed by atoms with van der Waals surface area (Å²) >= 11 is 2.98. The number of aryl methyl sites for hydroxylation is 1. The van der Waals surface area contributed by atoms with Gasteiger partial charge in [-0.2, -0.15) is 0 Å². The molecule has 0 spiro atoms. The molecule has 22 heavy (non-hydrogen) atoms. The van der Waals surface area contributed by atoms with Gasteiger partial charge in [-0.3, -0.25) is 10.1 Å². The van der Waals surface area contributed by atoms with E-state index in [9.17, 15) is 4.79 Å². The number of hydrogen-bond acceptors (Lipinski definition) is 6. The second-order valence-corrected chi connectivity index (χ2v) is 7.06. The maximum absolute atomic E-state index is 12.3. The average molecular weight is 337 g/mol. The van der Waals surface area contributed by atoms with Crippen molar-refractivity contribution in [2.45, 2.75) is 37.6 Å². The molecule has 0 aliphatic carbocycles. The predicted molar refractivity (Wildman–Crippen MR) is 90.8 cm³/mol. The summed E-state index contributed by atoms with van der Waals surface area (Å²) in [7, 11) is 0. The molecule has 5 nitrogen and oxygen atoms in total. The molecule has 1 heterocycles. The van der Waals surface area contributed by atoms with Crippen molar-refractivity contribution in [2.75, 3.05) is 11.1 Å². The second kappa shape index (κ2) is 8.14. The molecule has 0 unspecified atom stereocenters. The number of rotatable bonds is 7. The maximum Gasteiger partial charge on any atom is 0.267 e. The van der Waals surface area contributed by atoms with Crippen LogP contribution in [0.15, 0.2) is 28.6 Å². The molecule has 1 aromatic carbocycles. The van der Waals surface area contributed by atoms with Crippen LogP contribution in [0, 0.1) is 6.92 Å². The van der Waals surface area contributed by atoms with Gasteiger partial charge in [0.05, 0.1) is 0 Å². The number of hydrogen-bond donors (Lipinski definition) is 1. The van der Waals surface area contributed by atoms with Crippen LogP contribution in [0.2, 0.25) is 0 Å². The molecule has 1 amide bonds. The third-order valence-corrected chi connectivity index (χ3v) is 4.78. The first-order chi connectivity index (χ1) is 10.6. The molecule has 0 fully saturated rings. The first-order valence-electron chi connectivity index (χ1n) is 7.13. The number of nitrogens with zero attached hydrogens (tertiary/aromatic N) is 2. The number of carbonyl (C=O) groups is 1.